The van der Waals surface area contributed by atoms with Crippen LogP contribution in [0.1, 0.15) is 25.4 Å². The van der Waals surface area contributed by atoms with Gasteiger partial charge in [0.2, 0.25) is 0 Å². The van der Waals surface area contributed by atoms with Crippen LogP contribution in [0.2, 0.25) is 0 Å². The minimum atomic E-state index is -2.47. The summed E-state index contributed by atoms with van der Waals surface area (Å²) in [5.41, 5.74) is -1.29. The number of guanidine groups is 1. The second-order valence-electron chi connectivity index (χ2n) is 4.65. The van der Waals surface area contributed by atoms with Crippen LogP contribution in [-0.4, -0.2) is 37.1 Å². The SMILES string of the molecule is CCNC(=NCC(C)(O)c1ccc(C)o1)NCC(F)F.I. The highest BCUT2D eigenvalue weighted by atomic mass is 127. The molecule has 1 aromatic heterocycles. The normalized spacial score (nSPS) is 14.5. The molecule has 0 aliphatic heterocycles. The minimum absolute atomic E-state index is 0. The highest BCUT2D eigenvalue weighted by Crippen LogP contribution is 2.22. The van der Waals surface area contributed by atoms with Gasteiger partial charge in [0.25, 0.3) is 6.43 Å². The van der Waals surface area contributed by atoms with E-state index < -0.39 is 18.6 Å². The second-order valence-corrected chi connectivity index (χ2v) is 4.65. The van der Waals surface area contributed by atoms with Gasteiger partial charge in [-0.2, -0.15) is 0 Å². The standard InChI is InChI=1S/C13H21F2N3O2.HI/c1-4-16-12(17-7-11(14)15)18-8-13(3,19)10-6-5-9(2)20-10;/h5-6,11,19H,4,7-8H2,1-3H3,(H2,16,17,18);1H. The van der Waals surface area contributed by atoms with Crippen molar-refractivity contribution in [2.75, 3.05) is 19.6 Å². The first kappa shape index (κ1) is 20.1. The van der Waals surface area contributed by atoms with Crippen LogP contribution in [0, 0.1) is 6.92 Å². The maximum atomic E-state index is 12.2. The highest BCUT2D eigenvalue weighted by Gasteiger charge is 2.26. The molecule has 0 saturated heterocycles. The number of alkyl halides is 2. The summed E-state index contributed by atoms with van der Waals surface area (Å²) in [7, 11) is 0. The molecule has 21 heavy (non-hydrogen) atoms. The summed E-state index contributed by atoms with van der Waals surface area (Å²) in [6.45, 7) is 5.21. The molecule has 0 aliphatic carbocycles. The minimum Gasteiger partial charge on any atom is -0.463 e. The van der Waals surface area contributed by atoms with Crippen LogP contribution < -0.4 is 10.6 Å². The Balaban J connectivity index is 0.00000400. The lowest BCUT2D eigenvalue weighted by Gasteiger charge is -2.19. The molecule has 8 heteroatoms. The number of rotatable bonds is 6. The molecule has 1 heterocycles. The summed E-state index contributed by atoms with van der Waals surface area (Å²) in [5.74, 6) is 1.31. The molecule has 1 atom stereocenters. The Labute approximate surface area is 140 Å². The molecule has 0 saturated carbocycles. The van der Waals surface area contributed by atoms with E-state index in [9.17, 15) is 13.9 Å². The molecule has 0 bridgehead atoms. The van der Waals surface area contributed by atoms with Crippen molar-refractivity contribution in [2.45, 2.75) is 32.8 Å². The monoisotopic (exact) mass is 417 g/mol. The zero-order chi connectivity index (χ0) is 15.2. The average Bonchev–Trinajstić information content (AvgIpc) is 2.80. The van der Waals surface area contributed by atoms with E-state index in [2.05, 4.69) is 15.6 Å². The third-order valence-electron chi connectivity index (χ3n) is 2.58. The summed E-state index contributed by atoms with van der Waals surface area (Å²) in [5, 5.41) is 15.6. The first-order chi connectivity index (χ1) is 9.35. The van der Waals surface area contributed by atoms with Gasteiger partial charge in [0.15, 0.2) is 5.96 Å². The zero-order valence-corrected chi connectivity index (χ0v) is 14.7. The van der Waals surface area contributed by atoms with Gasteiger partial charge in [0.1, 0.15) is 17.1 Å². The Morgan fingerprint density at radius 3 is 2.57 bits per heavy atom. The van der Waals surface area contributed by atoms with Gasteiger partial charge < -0.3 is 20.2 Å². The van der Waals surface area contributed by atoms with Crippen molar-refractivity contribution < 1.29 is 18.3 Å². The van der Waals surface area contributed by atoms with E-state index in [1.807, 2.05) is 6.92 Å². The Hall–Kier alpha value is -0.900. The van der Waals surface area contributed by atoms with Crippen molar-refractivity contribution in [1.82, 2.24) is 10.6 Å². The number of halogens is 3. The van der Waals surface area contributed by atoms with Crippen molar-refractivity contribution in [3.63, 3.8) is 0 Å². The third-order valence-corrected chi connectivity index (χ3v) is 2.58. The Morgan fingerprint density at radius 2 is 2.10 bits per heavy atom. The van der Waals surface area contributed by atoms with Gasteiger partial charge in [0.05, 0.1) is 13.1 Å². The molecule has 3 N–H and O–H groups in total. The topological polar surface area (TPSA) is 69.8 Å². The number of hydrogen-bond acceptors (Lipinski definition) is 3. The third kappa shape index (κ3) is 7.07. The number of nitrogens with one attached hydrogen (secondary N) is 2. The molecule has 0 radical (unpaired) electrons. The van der Waals surface area contributed by atoms with E-state index in [4.69, 9.17) is 4.42 Å². The molecule has 122 valence electrons. The van der Waals surface area contributed by atoms with Gasteiger partial charge in [-0.25, -0.2) is 13.8 Å². The summed E-state index contributed by atoms with van der Waals surface area (Å²) < 4.78 is 29.7. The van der Waals surface area contributed by atoms with Gasteiger partial charge in [-0.1, -0.05) is 0 Å². The smallest absolute Gasteiger partial charge is 0.255 e. The summed E-state index contributed by atoms with van der Waals surface area (Å²) in [6.07, 6.45) is -2.47. The van der Waals surface area contributed by atoms with E-state index >= 15 is 0 Å². The van der Waals surface area contributed by atoms with Crippen molar-refractivity contribution in [2.24, 2.45) is 4.99 Å². The molecule has 1 unspecified atom stereocenters. The summed E-state index contributed by atoms with van der Waals surface area (Å²) in [6, 6.07) is 3.41. The number of furan rings is 1. The van der Waals surface area contributed by atoms with Crippen LogP contribution in [0.5, 0.6) is 0 Å². The molecule has 0 fully saturated rings. The van der Waals surface area contributed by atoms with Gasteiger partial charge in [-0.15, -0.1) is 24.0 Å². The van der Waals surface area contributed by atoms with Gasteiger partial charge in [0, 0.05) is 6.54 Å². The Kier molecular flexibility index (Phi) is 8.79. The molecule has 1 rings (SSSR count). The zero-order valence-electron chi connectivity index (χ0n) is 12.3. The number of aliphatic hydroxyl groups is 1. The predicted octanol–water partition coefficient (Wildman–Crippen LogP) is 2.23. The summed E-state index contributed by atoms with van der Waals surface area (Å²) >= 11 is 0. The van der Waals surface area contributed by atoms with Gasteiger partial charge in [-0.05, 0) is 32.9 Å². The second kappa shape index (κ2) is 9.19. The van der Waals surface area contributed by atoms with E-state index in [1.165, 1.54) is 0 Å². The lowest BCUT2D eigenvalue weighted by atomic mass is 10.0. The van der Waals surface area contributed by atoms with Crippen LogP contribution in [0.25, 0.3) is 0 Å². The van der Waals surface area contributed by atoms with Crippen molar-refractivity contribution in [3.8, 4) is 0 Å². The fourth-order valence-corrected chi connectivity index (χ4v) is 1.55. The number of hydrogen-bond donors (Lipinski definition) is 3. The fraction of sp³-hybridized carbons (Fsp3) is 0.615. The van der Waals surface area contributed by atoms with Gasteiger partial charge in [-0.3, -0.25) is 0 Å². The average molecular weight is 417 g/mol. The lowest BCUT2D eigenvalue weighted by molar-refractivity contribution is 0.0428. The largest absolute Gasteiger partial charge is 0.463 e. The summed E-state index contributed by atoms with van der Waals surface area (Å²) in [4.78, 5) is 4.09. The molecule has 5 nitrogen and oxygen atoms in total. The molecular formula is C13H22F2IN3O2. The molecule has 0 aliphatic rings. The van der Waals surface area contributed by atoms with E-state index in [0.717, 1.165) is 0 Å². The van der Waals surface area contributed by atoms with Crippen LogP contribution in [0.15, 0.2) is 21.5 Å². The van der Waals surface area contributed by atoms with E-state index in [-0.39, 0.29) is 36.5 Å². The van der Waals surface area contributed by atoms with Crippen molar-refractivity contribution in [1.29, 1.82) is 0 Å². The number of aliphatic imine (C=N–C) groups is 1. The molecule has 1 aromatic rings. The molecule has 0 amide bonds. The first-order valence-electron chi connectivity index (χ1n) is 6.44. The Morgan fingerprint density at radius 1 is 1.43 bits per heavy atom. The van der Waals surface area contributed by atoms with E-state index in [0.29, 0.717) is 18.1 Å². The van der Waals surface area contributed by atoms with Crippen LogP contribution in [0.3, 0.4) is 0 Å². The predicted molar refractivity (Wildman–Crippen MR) is 88.4 cm³/mol. The van der Waals surface area contributed by atoms with Crippen LogP contribution in [0.4, 0.5) is 8.78 Å². The van der Waals surface area contributed by atoms with E-state index in [1.54, 1.807) is 26.0 Å². The van der Waals surface area contributed by atoms with Crippen molar-refractivity contribution >= 4 is 29.9 Å². The maximum absolute atomic E-state index is 12.2. The van der Waals surface area contributed by atoms with Crippen LogP contribution >= 0.6 is 24.0 Å². The molecular weight excluding hydrogens is 395 g/mol. The molecule has 0 spiro atoms. The Bertz CT molecular complexity index is 450. The maximum Gasteiger partial charge on any atom is 0.255 e. The quantitative estimate of drug-likeness (QED) is 0.377. The van der Waals surface area contributed by atoms with Gasteiger partial charge >= 0.3 is 0 Å². The first-order valence-corrected chi connectivity index (χ1v) is 6.44. The van der Waals surface area contributed by atoms with Crippen LogP contribution in [-0.2, 0) is 5.60 Å². The number of aryl methyl sites for hydroxylation is 1. The number of nitrogens with zero attached hydrogens (tertiary/aromatic N) is 1. The highest BCUT2D eigenvalue weighted by molar-refractivity contribution is 14.0. The lowest BCUT2D eigenvalue weighted by Crippen LogP contribution is -2.40. The fourth-order valence-electron chi connectivity index (χ4n) is 1.55. The molecule has 0 aromatic carbocycles. The van der Waals surface area contributed by atoms with Crippen molar-refractivity contribution in [3.05, 3.63) is 23.7 Å².